The van der Waals surface area contributed by atoms with Crippen LogP contribution in [0.15, 0.2) is 42.5 Å². The summed E-state index contributed by atoms with van der Waals surface area (Å²) in [7, 11) is 0. The first kappa shape index (κ1) is 22.0. The van der Waals surface area contributed by atoms with Gasteiger partial charge in [0.05, 0.1) is 18.1 Å². The molecule has 8 heteroatoms. The number of nitrogens with zero attached hydrogens (tertiary/aromatic N) is 1. The maximum atomic E-state index is 12.5. The van der Waals surface area contributed by atoms with Gasteiger partial charge in [0.15, 0.2) is 11.5 Å². The van der Waals surface area contributed by atoms with Crippen LogP contribution < -0.4 is 20.1 Å². The van der Waals surface area contributed by atoms with Gasteiger partial charge in [-0.3, -0.25) is 14.9 Å². The van der Waals surface area contributed by atoms with Gasteiger partial charge in [-0.15, -0.1) is 0 Å². The first-order chi connectivity index (χ1) is 13.9. The molecule has 1 atom stereocenters. The Bertz CT molecular complexity index is 841. The summed E-state index contributed by atoms with van der Waals surface area (Å²) in [5.41, 5.74) is 0.999. The minimum atomic E-state index is -0.573. The standard InChI is InChI=1S/C21H27N3O5/c1-4-11-28-19-10-9-17(14-20(19)29-12-5-2)22-15(3)21(25)23-16-7-6-8-18(13-16)24(26)27/h6-10,13-15,22H,4-5,11-12H2,1-3H3,(H,23,25). The topological polar surface area (TPSA) is 103 Å². The first-order valence-electron chi connectivity index (χ1n) is 9.66. The van der Waals surface area contributed by atoms with Gasteiger partial charge in [0.2, 0.25) is 5.91 Å². The van der Waals surface area contributed by atoms with Crippen molar-refractivity contribution in [2.75, 3.05) is 23.8 Å². The summed E-state index contributed by atoms with van der Waals surface area (Å²) < 4.78 is 11.5. The molecule has 1 unspecified atom stereocenters. The third-order valence-corrected chi connectivity index (χ3v) is 3.97. The minimum absolute atomic E-state index is 0.0798. The van der Waals surface area contributed by atoms with E-state index in [2.05, 4.69) is 10.6 Å². The lowest BCUT2D eigenvalue weighted by Gasteiger charge is -2.18. The minimum Gasteiger partial charge on any atom is -0.490 e. The third kappa shape index (κ3) is 6.67. The van der Waals surface area contributed by atoms with E-state index < -0.39 is 11.0 Å². The SMILES string of the molecule is CCCOc1ccc(NC(C)C(=O)Nc2cccc([N+](=O)[O-])c2)cc1OCCC. The Morgan fingerprint density at radius 2 is 1.72 bits per heavy atom. The molecule has 0 saturated carbocycles. The molecule has 0 aliphatic heterocycles. The van der Waals surface area contributed by atoms with E-state index in [4.69, 9.17) is 9.47 Å². The van der Waals surface area contributed by atoms with Crippen molar-refractivity contribution in [3.8, 4) is 11.5 Å². The predicted octanol–water partition coefficient (Wildman–Crippen LogP) is 4.61. The lowest BCUT2D eigenvalue weighted by Crippen LogP contribution is -2.31. The van der Waals surface area contributed by atoms with E-state index in [1.807, 2.05) is 26.0 Å². The zero-order valence-corrected chi connectivity index (χ0v) is 16.9. The highest BCUT2D eigenvalue weighted by Crippen LogP contribution is 2.31. The Hall–Kier alpha value is -3.29. The van der Waals surface area contributed by atoms with E-state index in [1.165, 1.54) is 18.2 Å². The summed E-state index contributed by atoms with van der Waals surface area (Å²) in [6.45, 7) is 6.92. The zero-order chi connectivity index (χ0) is 21.2. The molecule has 0 aliphatic rings. The summed E-state index contributed by atoms with van der Waals surface area (Å²) in [5, 5.41) is 16.7. The molecule has 0 heterocycles. The molecule has 1 amide bonds. The van der Waals surface area contributed by atoms with Crippen LogP contribution in [0.3, 0.4) is 0 Å². The first-order valence-corrected chi connectivity index (χ1v) is 9.66. The Morgan fingerprint density at radius 1 is 1.03 bits per heavy atom. The highest BCUT2D eigenvalue weighted by Gasteiger charge is 2.16. The lowest BCUT2D eigenvalue weighted by atomic mass is 10.2. The molecule has 8 nitrogen and oxygen atoms in total. The smallest absolute Gasteiger partial charge is 0.271 e. The molecule has 0 fully saturated rings. The predicted molar refractivity (Wildman–Crippen MR) is 113 cm³/mol. The van der Waals surface area contributed by atoms with Crippen LogP contribution >= 0.6 is 0 Å². The number of nitro groups is 1. The molecule has 0 aliphatic carbocycles. The van der Waals surface area contributed by atoms with E-state index >= 15 is 0 Å². The molecule has 0 spiro atoms. The van der Waals surface area contributed by atoms with Crippen molar-refractivity contribution in [2.24, 2.45) is 0 Å². The van der Waals surface area contributed by atoms with Crippen LogP contribution in [0.25, 0.3) is 0 Å². The fraction of sp³-hybridized carbons (Fsp3) is 0.381. The maximum Gasteiger partial charge on any atom is 0.271 e. The average molecular weight is 401 g/mol. The van der Waals surface area contributed by atoms with Gasteiger partial charge in [0, 0.05) is 29.6 Å². The summed E-state index contributed by atoms with van der Waals surface area (Å²) in [5.74, 6) is 0.976. The monoisotopic (exact) mass is 401 g/mol. The highest BCUT2D eigenvalue weighted by molar-refractivity contribution is 5.96. The van der Waals surface area contributed by atoms with E-state index in [9.17, 15) is 14.9 Å². The average Bonchev–Trinajstić information content (AvgIpc) is 2.71. The largest absolute Gasteiger partial charge is 0.490 e. The summed E-state index contributed by atoms with van der Waals surface area (Å²) in [6, 6.07) is 10.7. The van der Waals surface area contributed by atoms with Crippen LogP contribution in [0, 0.1) is 10.1 Å². The molecule has 2 aromatic rings. The van der Waals surface area contributed by atoms with Gasteiger partial charge in [0.25, 0.3) is 5.69 Å². The van der Waals surface area contributed by atoms with E-state index in [1.54, 1.807) is 19.1 Å². The molecule has 0 saturated heterocycles. The number of nitrogens with one attached hydrogen (secondary N) is 2. The Kier molecular flexibility index (Phi) is 8.27. The van der Waals surface area contributed by atoms with Crippen LogP contribution in [0.5, 0.6) is 11.5 Å². The number of amides is 1. The number of hydrogen-bond donors (Lipinski definition) is 2. The van der Waals surface area contributed by atoms with E-state index in [-0.39, 0.29) is 11.6 Å². The molecule has 156 valence electrons. The molecule has 0 aromatic heterocycles. The van der Waals surface area contributed by atoms with Crippen LogP contribution in [-0.2, 0) is 4.79 Å². The van der Waals surface area contributed by atoms with E-state index in [0.29, 0.717) is 36.1 Å². The molecular weight excluding hydrogens is 374 g/mol. The van der Waals surface area contributed by atoms with Gasteiger partial charge in [-0.05, 0) is 38.0 Å². The third-order valence-electron chi connectivity index (χ3n) is 3.97. The van der Waals surface area contributed by atoms with Crippen LogP contribution in [0.4, 0.5) is 17.1 Å². The second-order valence-corrected chi connectivity index (χ2v) is 6.52. The van der Waals surface area contributed by atoms with Gasteiger partial charge in [-0.25, -0.2) is 0 Å². The summed E-state index contributed by atoms with van der Waals surface area (Å²) in [6.07, 6.45) is 1.76. The van der Waals surface area contributed by atoms with Gasteiger partial charge in [-0.2, -0.15) is 0 Å². The van der Waals surface area contributed by atoms with Crippen molar-refractivity contribution in [3.63, 3.8) is 0 Å². The highest BCUT2D eigenvalue weighted by atomic mass is 16.6. The van der Waals surface area contributed by atoms with Crippen molar-refractivity contribution >= 4 is 23.0 Å². The van der Waals surface area contributed by atoms with Crippen LogP contribution in [-0.4, -0.2) is 30.1 Å². The number of nitro benzene ring substituents is 1. The van der Waals surface area contributed by atoms with Crippen molar-refractivity contribution in [1.29, 1.82) is 0 Å². The van der Waals surface area contributed by atoms with Crippen LogP contribution in [0.1, 0.15) is 33.6 Å². The summed E-state index contributed by atoms with van der Waals surface area (Å²) >= 11 is 0. The van der Waals surface area contributed by atoms with Crippen molar-refractivity contribution in [3.05, 3.63) is 52.6 Å². The second-order valence-electron chi connectivity index (χ2n) is 6.52. The van der Waals surface area contributed by atoms with Crippen LogP contribution in [0.2, 0.25) is 0 Å². The zero-order valence-electron chi connectivity index (χ0n) is 16.9. The number of ether oxygens (including phenoxy) is 2. The Morgan fingerprint density at radius 3 is 2.38 bits per heavy atom. The number of non-ortho nitro benzene ring substituents is 1. The normalized spacial score (nSPS) is 11.4. The Balaban J connectivity index is 2.06. The number of anilines is 2. The molecule has 2 rings (SSSR count). The molecule has 2 N–H and O–H groups in total. The molecule has 29 heavy (non-hydrogen) atoms. The second kappa shape index (κ2) is 10.9. The maximum absolute atomic E-state index is 12.5. The fourth-order valence-electron chi connectivity index (χ4n) is 2.52. The Labute approximate surface area is 170 Å². The number of hydrogen-bond acceptors (Lipinski definition) is 6. The number of benzene rings is 2. The van der Waals surface area contributed by atoms with Crippen molar-refractivity contribution < 1.29 is 19.2 Å². The number of rotatable bonds is 11. The lowest BCUT2D eigenvalue weighted by molar-refractivity contribution is -0.384. The molecule has 0 radical (unpaired) electrons. The number of carbonyl (C=O) groups is 1. The molecule has 2 aromatic carbocycles. The van der Waals surface area contributed by atoms with Gasteiger partial charge < -0.3 is 20.1 Å². The quantitative estimate of drug-likeness (QED) is 0.421. The summed E-state index contributed by atoms with van der Waals surface area (Å²) in [4.78, 5) is 22.8. The van der Waals surface area contributed by atoms with E-state index in [0.717, 1.165) is 12.8 Å². The molecular formula is C21H27N3O5. The fourth-order valence-corrected chi connectivity index (χ4v) is 2.52. The van der Waals surface area contributed by atoms with Gasteiger partial charge in [0.1, 0.15) is 6.04 Å². The van der Waals surface area contributed by atoms with Crippen molar-refractivity contribution in [1.82, 2.24) is 0 Å². The molecule has 0 bridgehead atoms. The number of carbonyl (C=O) groups excluding carboxylic acids is 1. The van der Waals surface area contributed by atoms with Crippen molar-refractivity contribution in [2.45, 2.75) is 39.7 Å². The van der Waals surface area contributed by atoms with Gasteiger partial charge >= 0.3 is 0 Å². The van der Waals surface area contributed by atoms with Gasteiger partial charge in [-0.1, -0.05) is 19.9 Å².